The number of hydrogen-bond acceptors (Lipinski definition) is 0. The van der Waals surface area contributed by atoms with E-state index in [9.17, 15) is 0 Å². The molecule has 0 aromatic heterocycles. The minimum absolute atomic E-state index is 1.13. The average Bonchev–Trinajstić information content (AvgIpc) is 2.71. The van der Waals surface area contributed by atoms with Crippen molar-refractivity contribution in [2.24, 2.45) is 0 Å². The van der Waals surface area contributed by atoms with Gasteiger partial charge in [0.05, 0.1) is 0 Å². The molecule has 0 N–H and O–H groups in total. The van der Waals surface area contributed by atoms with Crippen LogP contribution < -0.4 is 0 Å². The Balaban J connectivity index is 0.000000606. The Morgan fingerprint density at radius 2 is 1.94 bits per heavy atom. The second-order valence-electron chi connectivity index (χ2n) is 4.19. The quantitative estimate of drug-likeness (QED) is 0.666. The largest absolute Gasteiger partial charge is 0.0766 e. The molecule has 0 fully saturated rings. The lowest BCUT2D eigenvalue weighted by atomic mass is 10.0. The van der Waals surface area contributed by atoms with Crippen LogP contribution in [0.1, 0.15) is 57.2 Å². The molecule has 0 bridgehead atoms. The van der Waals surface area contributed by atoms with E-state index in [0.717, 1.165) is 6.42 Å². The Kier molecular flexibility index (Phi) is 5.31. The molecule has 0 heterocycles. The fourth-order valence-corrected chi connectivity index (χ4v) is 2.08. The van der Waals surface area contributed by atoms with Gasteiger partial charge >= 0.3 is 0 Å². The van der Waals surface area contributed by atoms with E-state index in [1.165, 1.54) is 41.5 Å². The van der Waals surface area contributed by atoms with Crippen LogP contribution >= 0.6 is 0 Å². The molecule has 88 valence electrons. The van der Waals surface area contributed by atoms with Crippen molar-refractivity contribution < 1.29 is 0 Å². The fourth-order valence-electron chi connectivity index (χ4n) is 2.08. The normalized spacial score (nSPS) is 12.6. The summed E-state index contributed by atoms with van der Waals surface area (Å²) in [5.41, 5.74) is 5.94. The first-order chi connectivity index (χ1) is 7.81. The van der Waals surface area contributed by atoms with Crippen LogP contribution in [0, 0.1) is 0 Å². The second kappa shape index (κ2) is 6.52. The van der Waals surface area contributed by atoms with E-state index < -0.39 is 0 Å². The van der Waals surface area contributed by atoms with Crippen LogP contribution in [-0.2, 0) is 12.8 Å². The van der Waals surface area contributed by atoms with Gasteiger partial charge in [-0.25, -0.2) is 0 Å². The maximum absolute atomic E-state index is 2.38. The SMILES string of the molecule is CC.CCCCc1ccc2c(c1)C(C)=CC2. The summed E-state index contributed by atoms with van der Waals surface area (Å²) < 4.78 is 0. The van der Waals surface area contributed by atoms with Crippen LogP contribution in [0.25, 0.3) is 5.57 Å². The zero-order valence-corrected chi connectivity index (χ0v) is 11.1. The summed E-state index contributed by atoms with van der Waals surface area (Å²) in [7, 11) is 0. The molecular weight excluding hydrogens is 192 g/mol. The third-order valence-corrected chi connectivity index (χ3v) is 3.05. The van der Waals surface area contributed by atoms with Crippen molar-refractivity contribution in [1.29, 1.82) is 0 Å². The van der Waals surface area contributed by atoms with E-state index in [1.54, 1.807) is 0 Å². The molecule has 0 nitrogen and oxygen atoms in total. The van der Waals surface area contributed by atoms with E-state index in [-0.39, 0.29) is 0 Å². The van der Waals surface area contributed by atoms with Crippen molar-refractivity contribution in [2.75, 3.05) is 0 Å². The Morgan fingerprint density at radius 3 is 2.62 bits per heavy atom. The van der Waals surface area contributed by atoms with Crippen LogP contribution in [0.15, 0.2) is 24.3 Å². The predicted molar refractivity (Wildman–Crippen MR) is 73.8 cm³/mol. The molecule has 2 rings (SSSR count). The number of hydrogen-bond donors (Lipinski definition) is 0. The van der Waals surface area contributed by atoms with Gasteiger partial charge in [0.25, 0.3) is 0 Å². The maximum Gasteiger partial charge on any atom is -0.00855 e. The molecule has 0 spiro atoms. The molecule has 0 aliphatic heterocycles. The predicted octanol–water partition coefficient (Wildman–Crippen LogP) is 5.01. The smallest absolute Gasteiger partial charge is 0.00855 e. The molecule has 1 aliphatic carbocycles. The summed E-state index contributed by atoms with van der Waals surface area (Å²) in [6.45, 7) is 8.47. The van der Waals surface area contributed by atoms with Crippen molar-refractivity contribution >= 4 is 5.57 Å². The summed E-state index contributed by atoms with van der Waals surface area (Å²) in [4.78, 5) is 0. The molecule has 1 aromatic carbocycles. The van der Waals surface area contributed by atoms with Gasteiger partial charge in [-0.15, -0.1) is 0 Å². The van der Waals surface area contributed by atoms with Crippen molar-refractivity contribution in [1.82, 2.24) is 0 Å². The lowest BCUT2D eigenvalue weighted by molar-refractivity contribution is 0.794. The Hall–Kier alpha value is -1.04. The highest BCUT2D eigenvalue weighted by Crippen LogP contribution is 2.28. The van der Waals surface area contributed by atoms with E-state index in [2.05, 4.69) is 38.1 Å². The third kappa shape index (κ3) is 2.98. The minimum Gasteiger partial charge on any atom is -0.0766 e. The molecule has 0 unspecified atom stereocenters. The fraction of sp³-hybridized carbons (Fsp3) is 0.500. The zero-order valence-electron chi connectivity index (χ0n) is 11.1. The van der Waals surface area contributed by atoms with Gasteiger partial charge in [0.2, 0.25) is 0 Å². The highest BCUT2D eigenvalue weighted by molar-refractivity contribution is 5.71. The number of rotatable bonds is 3. The molecule has 0 heteroatoms. The molecule has 16 heavy (non-hydrogen) atoms. The van der Waals surface area contributed by atoms with Crippen molar-refractivity contribution in [2.45, 2.75) is 53.4 Å². The summed E-state index contributed by atoms with van der Waals surface area (Å²) in [6, 6.07) is 6.97. The first-order valence-electron chi connectivity index (χ1n) is 6.60. The van der Waals surface area contributed by atoms with Gasteiger partial charge in [0, 0.05) is 0 Å². The van der Waals surface area contributed by atoms with Gasteiger partial charge in [0.15, 0.2) is 0 Å². The van der Waals surface area contributed by atoms with Crippen LogP contribution in [0.5, 0.6) is 0 Å². The number of fused-ring (bicyclic) bond motifs is 1. The van der Waals surface area contributed by atoms with E-state index in [0.29, 0.717) is 0 Å². The highest BCUT2D eigenvalue weighted by Gasteiger charge is 2.10. The average molecular weight is 216 g/mol. The Bertz CT molecular complexity index is 358. The maximum atomic E-state index is 2.38. The monoisotopic (exact) mass is 216 g/mol. The van der Waals surface area contributed by atoms with E-state index in [4.69, 9.17) is 0 Å². The number of unbranched alkanes of at least 4 members (excludes halogenated alkanes) is 1. The molecule has 0 saturated heterocycles. The molecule has 0 atom stereocenters. The molecular formula is C16H24. The van der Waals surface area contributed by atoms with Crippen molar-refractivity contribution in [3.8, 4) is 0 Å². The summed E-state index contributed by atoms with van der Waals surface area (Å²) in [5, 5.41) is 0. The van der Waals surface area contributed by atoms with E-state index in [1.807, 2.05) is 13.8 Å². The number of benzene rings is 1. The Labute approximate surface area is 100 Å². The zero-order chi connectivity index (χ0) is 12.0. The number of aryl methyl sites for hydroxylation is 1. The minimum atomic E-state index is 1.13. The lowest BCUT2D eigenvalue weighted by Crippen LogP contribution is -1.89. The summed E-state index contributed by atoms with van der Waals surface area (Å²) in [6.07, 6.45) is 7.29. The molecule has 1 aromatic rings. The van der Waals surface area contributed by atoms with Crippen molar-refractivity contribution in [3.05, 3.63) is 41.0 Å². The lowest BCUT2D eigenvalue weighted by Gasteiger charge is -2.05. The third-order valence-electron chi connectivity index (χ3n) is 3.05. The highest BCUT2D eigenvalue weighted by atomic mass is 14.1. The molecule has 0 amide bonds. The standard InChI is InChI=1S/C14H18.C2H6/c1-3-4-5-12-7-9-13-8-6-11(2)14(13)10-12;1-2/h6-7,9-10H,3-5,8H2,1-2H3;1-2H3. The summed E-state index contributed by atoms with van der Waals surface area (Å²) in [5.74, 6) is 0. The van der Waals surface area contributed by atoms with Gasteiger partial charge in [-0.3, -0.25) is 0 Å². The van der Waals surface area contributed by atoms with Gasteiger partial charge in [-0.1, -0.05) is 51.5 Å². The van der Waals surface area contributed by atoms with Gasteiger partial charge in [0.1, 0.15) is 0 Å². The topological polar surface area (TPSA) is 0 Å². The number of allylic oxidation sites excluding steroid dienone is 2. The van der Waals surface area contributed by atoms with E-state index >= 15 is 0 Å². The van der Waals surface area contributed by atoms with Gasteiger partial charge in [-0.05, 0) is 48.4 Å². The van der Waals surface area contributed by atoms with Crippen LogP contribution in [0.4, 0.5) is 0 Å². The molecule has 1 aliphatic rings. The molecule has 0 radical (unpaired) electrons. The van der Waals surface area contributed by atoms with Crippen LogP contribution in [-0.4, -0.2) is 0 Å². The van der Waals surface area contributed by atoms with Crippen molar-refractivity contribution in [3.63, 3.8) is 0 Å². The van der Waals surface area contributed by atoms with Gasteiger partial charge in [-0.2, -0.15) is 0 Å². The Morgan fingerprint density at radius 1 is 1.19 bits per heavy atom. The summed E-state index contributed by atoms with van der Waals surface area (Å²) >= 11 is 0. The molecule has 0 saturated carbocycles. The van der Waals surface area contributed by atoms with Crippen LogP contribution in [0.3, 0.4) is 0 Å². The first kappa shape index (κ1) is 13.0. The van der Waals surface area contributed by atoms with Gasteiger partial charge < -0.3 is 0 Å². The first-order valence-corrected chi connectivity index (χ1v) is 6.60. The second-order valence-corrected chi connectivity index (χ2v) is 4.19. The van der Waals surface area contributed by atoms with Crippen LogP contribution in [0.2, 0.25) is 0 Å².